The molecule has 1 aliphatic heterocycles. The lowest BCUT2D eigenvalue weighted by Gasteiger charge is -2.36. The minimum Gasteiger partial charge on any atom is -0.369 e. The molecule has 2 aromatic carbocycles. The van der Waals surface area contributed by atoms with Gasteiger partial charge in [-0.15, -0.1) is 0 Å². The number of carbonyl (C=O) groups excluding carboxylic acids is 1. The zero-order valence-corrected chi connectivity index (χ0v) is 19.8. The van der Waals surface area contributed by atoms with E-state index >= 15 is 0 Å². The molecule has 2 N–H and O–H groups in total. The standard InChI is InChI=1S/C24H32N4O3S/c1-17-13-20(14-23(18(17)2)32(30,31)25-3)24(29)26-21-5-4-6-22(15-21)28-11-9-27(10-12-28)16-19-7-8-19/h4-6,13-15,19,25H,7-12,16H2,1-3H3,(H,26,29). The number of nitrogens with one attached hydrogen (secondary N) is 2. The van der Waals surface area contributed by atoms with Crippen LogP contribution in [0.5, 0.6) is 0 Å². The van der Waals surface area contributed by atoms with E-state index in [1.165, 1.54) is 32.5 Å². The predicted octanol–water partition coefficient (Wildman–Crippen LogP) is 3.00. The molecule has 0 spiro atoms. The van der Waals surface area contributed by atoms with Crippen LogP contribution in [-0.4, -0.2) is 59.0 Å². The summed E-state index contributed by atoms with van der Waals surface area (Å²) in [7, 11) is -2.28. The summed E-state index contributed by atoms with van der Waals surface area (Å²) in [6.07, 6.45) is 2.76. The van der Waals surface area contributed by atoms with Crippen LogP contribution in [0.15, 0.2) is 41.3 Å². The molecule has 32 heavy (non-hydrogen) atoms. The number of piperazine rings is 1. The van der Waals surface area contributed by atoms with Crippen LogP contribution in [0.2, 0.25) is 0 Å². The third-order valence-electron chi connectivity index (χ3n) is 6.49. The molecule has 8 heteroatoms. The molecule has 0 bridgehead atoms. The summed E-state index contributed by atoms with van der Waals surface area (Å²) >= 11 is 0. The summed E-state index contributed by atoms with van der Waals surface area (Å²) in [4.78, 5) is 18.0. The van der Waals surface area contributed by atoms with Gasteiger partial charge < -0.3 is 10.2 Å². The minimum atomic E-state index is -3.65. The number of rotatable bonds is 7. The molecule has 0 aromatic heterocycles. The number of amides is 1. The molecule has 4 rings (SSSR count). The first-order valence-corrected chi connectivity index (χ1v) is 12.7. The van der Waals surface area contributed by atoms with Gasteiger partial charge in [0.25, 0.3) is 5.91 Å². The van der Waals surface area contributed by atoms with Crippen molar-refractivity contribution >= 4 is 27.3 Å². The van der Waals surface area contributed by atoms with E-state index in [1.54, 1.807) is 13.0 Å². The fourth-order valence-corrected chi connectivity index (χ4v) is 5.25. The van der Waals surface area contributed by atoms with Crippen molar-refractivity contribution in [3.63, 3.8) is 0 Å². The maximum Gasteiger partial charge on any atom is 0.255 e. The number of carbonyl (C=O) groups is 1. The van der Waals surface area contributed by atoms with E-state index in [-0.39, 0.29) is 10.8 Å². The van der Waals surface area contributed by atoms with Gasteiger partial charge in [-0.2, -0.15) is 0 Å². The van der Waals surface area contributed by atoms with Crippen molar-refractivity contribution in [2.24, 2.45) is 5.92 Å². The van der Waals surface area contributed by atoms with Gasteiger partial charge in [0.05, 0.1) is 4.90 Å². The zero-order valence-electron chi connectivity index (χ0n) is 19.0. The van der Waals surface area contributed by atoms with Gasteiger partial charge in [0.2, 0.25) is 10.0 Å². The third kappa shape index (κ3) is 5.14. The van der Waals surface area contributed by atoms with E-state index in [4.69, 9.17) is 0 Å². The first kappa shape index (κ1) is 22.8. The molecule has 1 saturated carbocycles. The molecule has 0 radical (unpaired) electrons. The first-order valence-electron chi connectivity index (χ1n) is 11.2. The number of aryl methyl sites for hydroxylation is 1. The van der Waals surface area contributed by atoms with Crippen LogP contribution in [-0.2, 0) is 10.0 Å². The topological polar surface area (TPSA) is 81.7 Å². The lowest BCUT2D eigenvalue weighted by molar-refractivity contribution is 0.102. The van der Waals surface area contributed by atoms with Crippen molar-refractivity contribution < 1.29 is 13.2 Å². The number of anilines is 2. The molecule has 2 aromatic rings. The highest BCUT2D eigenvalue weighted by molar-refractivity contribution is 7.89. The Morgan fingerprint density at radius 2 is 1.78 bits per heavy atom. The number of hydrogen-bond donors (Lipinski definition) is 2. The summed E-state index contributed by atoms with van der Waals surface area (Å²) in [5.74, 6) is 0.584. The smallest absolute Gasteiger partial charge is 0.255 e. The molecule has 1 aliphatic carbocycles. The maximum absolute atomic E-state index is 12.9. The highest BCUT2D eigenvalue weighted by atomic mass is 32.2. The Hall–Kier alpha value is -2.42. The van der Waals surface area contributed by atoms with Crippen LogP contribution in [0.4, 0.5) is 11.4 Å². The molecular weight excluding hydrogens is 424 g/mol. The molecular formula is C24H32N4O3S. The van der Waals surface area contributed by atoms with Crippen LogP contribution >= 0.6 is 0 Å². The van der Waals surface area contributed by atoms with E-state index in [9.17, 15) is 13.2 Å². The van der Waals surface area contributed by atoms with Gasteiger partial charge in [0, 0.05) is 49.7 Å². The highest BCUT2D eigenvalue weighted by Gasteiger charge is 2.26. The van der Waals surface area contributed by atoms with Crippen LogP contribution in [0.1, 0.15) is 34.3 Å². The Morgan fingerprint density at radius 3 is 2.44 bits per heavy atom. The van der Waals surface area contributed by atoms with E-state index in [2.05, 4.69) is 25.9 Å². The van der Waals surface area contributed by atoms with E-state index in [1.807, 2.05) is 25.1 Å². The van der Waals surface area contributed by atoms with Crippen molar-refractivity contribution in [2.45, 2.75) is 31.6 Å². The number of hydrogen-bond acceptors (Lipinski definition) is 5. The largest absolute Gasteiger partial charge is 0.369 e. The molecule has 1 heterocycles. The fraction of sp³-hybridized carbons (Fsp3) is 0.458. The second-order valence-corrected chi connectivity index (χ2v) is 10.7. The number of benzene rings is 2. The average Bonchev–Trinajstić information content (AvgIpc) is 3.60. The molecule has 172 valence electrons. The van der Waals surface area contributed by atoms with Gasteiger partial charge >= 0.3 is 0 Å². The van der Waals surface area contributed by atoms with Gasteiger partial charge in [0.15, 0.2) is 0 Å². The van der Waals surface area contributed by atoms with Crippen LogP contribution in [0.25, 0.3) is 0 Å². The van der Waals surface area contributed by atoms with Crippen molar-refractivity contribution in [3.05, 3.63) is 53.1 Å². The van der Waals surface area contributed by atoms with Gasteiger partial charge in [-0.1, -0.05) is 6.07 Å². The summed E-state index contributed by atoms with van der Waals surface area (Å²) in [6.45, 7) is 8.88. The second-order valence-electron chi connectivity index (χ2n) is 8.86. The first-order chi connectivity index (χ1) is 15.3. The van der Waals surface area contributed by atoms with Gasteiger partial charge in [-0.05, 0) is 81.1 Å². The molecule has 1 amide bonds. The van der Waals surface area contributed by atoms with Gasteiger partial charge in [-0.3, -0.25) is 9.69 Å². The Bertz CT molecular complexity index is 1100. The van der Waals surface area contributed by atoms with Crippen LogP contribution < -0.4 is 14.9 Å². The predicted molar refractivity (Wildman–Crippen MR) is 128 cm³/mol. The zero-order chi connectivity index (χ0) is 22.9. The van der Waals surface area contributed by atoms with E-state index in [0.29, 0.717) is 16.8 Å². The fourth-order valence-electron chi connectivity index (χ4n) is 4.19. The van der Waals surface area contributed by atoms with E-state index in [0.717, 1.165) is 43.3 Å². The average molecular weight is 457 g/mol. The summed E-state index contributed by atoms with van der Waals surface area (Å²) in [6, 6.07) is 11.0. The Morgan fingerprint density at radius 1 is 1.06 bits per heavy atom. The Kier molecular flexibility index (Phi) is 6.55. The minimum absolute atomic E-state index is 0.128. The van der Waals surface area contributed by atoms with Crippen molar-refractivity contribution in [3.8, 4) is 0 Å². The number of nitrogens with zero attached hydrogens (tertiary/aromatic N) is 2. The third-order valence-corrected chi connectivity index (χ3v) is 8.04. The maximum atomic E-state index is 12.9. The molecule has 2 aliphatic rings. The highest BCUT2D eigenvalue weighted by Crippen LogP contribution is 2.30. The monoisotopic (exact) mass is 456 g/mol. The summed E-state index contributed by atoms with van der Waals surface area (Å²) in [5.41, 5.74) is 3.50. The molecule has 0 atom stereocenters. The van der Waals surface area contributed by atoms with Gasteiger partial charge in [0.1, 0.15) is 0 Å². The van der Waals surface area contributed by atoms with Crippen molar-refractivity contribution in [2.75, 3.05) is 50.0 Å². The lowest BCUT2D eigenvalue weighted by Crippen LogP contribution is -2.47. The lowest BCUT2D eigenvalue weighted by atomic mass is 10.1. The summed E-state index contributed by atoms with van der Waals surface area (Å²) < 4.78 is 27.1. The van der Waals surface area contributed by atoms with Gasteiger partial charge in [-0.25, -0.2) is 13.1 Å². The quantitative estimate of drug-likeness (QED) is 0.669. The SMILES string of the molecule is CNS(=O)(=O)c1cc(C(=O)Nc2cccc(N3CCN(CC4CC4)CC3)c2)cc(C)c1C. The molecule has 0 unspecified atom stereocenters. The normalized spacial score (nSPS) is 17.4. The Labute approximate surface area is 190 Å². The Balaban J connectivity index is 1.46. The van der Waals surface area contributed by atoms with Crippen LogP contribution in [0, 0.1) is 19.8 Å². The molecule has 7 nitrogen and oxygen atoms in total. The van der Waals surface area contributed by atoms with Crippen LogP contribution in [0.3, 0.4) is 0 Å². The van der Waals surface area contributed by atoms with Crippen molar-refractivity contribution in [1.82, 2.24) is 9.62 Å². The van der Waals surface area contributed by atoms with E-state index < -0.39 is 10.0 Å². The number of sulfonamides is 1. The van der Waals surface area contributed by atoms with Crippen molar-refractivity contribution in [1.29, 1.82) is 0 Å². The molecule has 1 saturated heterocycles. The molecule has 2 fully saturated rings. The second kappa shape index (κ2) is 9.21. The summed E-state index contributed by atoms with van der Waals surface area (Å²) in [5, 5.41) is 2.93.